The first kappa shape index (κ1) is 22.9. The first-order chi connectivity index (χ1) is 16.5. The molecule has 0 atom stereocenters. The lowest BCUT2D eigenvalue weighted by atomic mass is 9.88. The van der Waals surface area contributed by atoms with Gasteiger partial charge in [0.25, 0.3) is 11.5 Å². The molecule has 4 rings (SSSR count). The summed E-state index contributed by atoms with van der Waals surface area (Å²) in [6, 6.07) is 26.1. The van der Waals surface area contributed by atoms with Gasteiger partial charge in [0, 0.05) is 17.7 Å². The maximum atomic E-state index is 13.0. The van der Waals surface area contributed by atoms with Crippen molar-refractivity contribution in [3.8, 4) is 0 Å². The number of hydrogen-bond acceptors (Lipinski definition) is 4. The summed E-state index contributed by atoms with van der Waals surface area (Å²) in [6.45, 7) is 3.64. The molecule has 0 saturated heterocycles. The number of carbonyl (C=O) groups excluding carboxylic acids is 2. The zero-order chi connectivity index (χ0) is 24.1. The van der Waals surface area contributed by atoms with Gasteiger partial charge in [-0.25, -0.2) is 4.68 Å². The molecule has 4 aromatic rings. The molecule has 7 nitrogen and oxygen atoms in total. The van der Waals surface area contributed by atoms with Crippen LogP contribution in [0.4, 0.5) is 0 Å². The number of fused-ring (bicyclic) bond motifs is 1. The van der Waals surface area contributed by atoms with Crippen molar-refractivity contribution in [3.63, 3.8) is 0 Å². The van der Waals surface area contributed by atoms with Gasteiger partial charge in [0.15, 0.2) is 5.69 Å². The minimum absolute atomic E-state index is 0.0758. The first-order valence-corrected chi connectivity index (χ1v) is 11.2. The summed E-state index contributed by atoms with van der Waals surface area (Å²) in [6.07, 6.45) is 0.147. The van der Waals surface area contributed by atoms with E-state index < -0.39 is 5.91 Å². The number of nitrogens with one attached hydrogen (secondary N) is 2. The third-order valence-electron chi connectivity index (χ3n) is 5.64. The van der Waals surface area contributed by atoms with Crippen molar-refractivity contribution in [2.24, 2.45) is 0 Å². The zero-order valence-corrected chi connectivity index (χ0v) is 19.1. The van der Waals surface area contributed by atoms with Gasteiger partial charge in [-0.05, 0) is 31.0 Å². The van der Waals surface area contributed by atoms with Crippen LogP contribution in [0.1, 0.15) is 53.8 Å². The fourth-order valence-corrected chi connectivity index (χ4v) is 3.95. The van der Waals surface area contributed by atoms with Crippen LogP contribution >= 0.6 is 0 Å². The van der Waals surface area contributed by atoms with Gasteiger partial charge >= 0.3 is 0 Å². The van der Waals surface area contributed by atoms with Crippen LogP contribution in [0.25, 0.3) is 10.8 Å². The van der Waals surface area contributed by atoms with Gasteiger partial charge in [-0.1, -0.05) is 78.9 Å². The van der Waals surface area contributed by atoms with E-state index >= 15 is 0 Å². The number of nitrogens with zero attached hydrogens (tertiary/aromatic N) is 2. The quantitative estimate of drug-likeness (QED) is 0.431. The summed E-state index contributed by atoms with van der Waals surface area (Å²) >= 11 is 0. The van der Waals surface area contributed by atoms with Crippen LogP contribution in [-0.4, -0.2) is 21.6 Å². The van der Waals surface area contributed by atoms with Crippen LogP contribution in [0.3, 0.4) is 0 Å². The largest absolute Gasteiger partial charge is 0.290 e. The lowest BCUT2D eigenvalue weighted by molar-refractivity contribution is -0.122. The van der Waals surface area contributed by atoms with Gasteiger partial charge in [-0.15, -0.1) is 0 Å². The van der Waals surface area contributed by atoms with E-state index in [-0.39, 0.29) is 35.5 Å². The number of hydrogen-bond donors (Lipinski definition) is 2. The summed E-state index contributed by atoms with van der Waals surface area (Å²) in [5, 5.41) is 5.11. The summed E-state index contributed by atoms with van der Waals surface area (Å²) in [5.41, 5.74) is 6.81. The molecule has 172 valence electrons. The van der Waals surface area contributed by atoms with Crippen LogP contribution < -0.4 is 16.4 Å². The normalized spacial score (nSPS) is 11.1. The lowest BCUT2D eigenvalue weighted by Crippen LogP contribution is -2.43. The third-order valence-corrected chi connectivity index (χ3v) is 5.64. The molecule has 34 heavy (non-hydrogen) atoms. The van der Waals surface area contributed by atoms with Gasteiger partial charge in [-0.2, -0.15) is 5.10 Å². The summed E-state index contributed by atoms with van der Waals surface area (Å²) < 4.78 is 1.28. The van der Waals surface area contributed by atoms with Crippen molar-refractivity contribution < 1.29 is 9.59 Å². The van der Waals surface area contributed by atoms with Gasteiger partial charge < -0.3 is 0 Å². The Labute approximate surface area is 197 Å². The highest BCUT2D eigenvalue weighted by Crippen LogP contribution is 2.27. The fourth-order valence-electron chi connectivity index (χ4n) is 3.95. The molecule has 2 N–H and O–H groups in total. The van der Waals surface area contributed by atoms with Crippen molar-refractivity contribution in [1.29, 1.82) is 0 Å². The van der Waals surface area contributed by atoms with Crippen LogP contribution in [0.5, 0.6) is 0 Å². The Morgan fingerprint density at radius 1 is 0.794 bits per heavy atom. The second kappa shape index (κ2) is 10.1. The molecule has 0 aliphatic carbocycles. The first-order valence-electron chi connectivity index (χ1n) is 11.2. The van der Waals surface area contributed by atoms with Crippen LogP contribution in [-0.2, 0) is 4.79 Å². The number of amides is 2. The topological polar surface area (TPSA) is 93.1 Å². The number of benzene rings is 3. The number of hydrazine groups is 1. The van der Waals surface area contributed by atoms with E-state index in [0.29, 0.717) is 10.8 Å². The maximum absolute atomic E-state index is 13.0. The van der Waals surface area contributed by atoms with Crippen LogP contribution in [0.15, 0.2) is 89.7 Å². The van der Waals surface area contributed by atoms with Gasteiger partial charge in [0.2, 0.25) is 5.91 Å². The molecule has 0 aliphatic rings. The fraction of sp³-hybridized carbons (Fsp3) is 0.185. The van der Waals surface area contributed by atoms with Crippen LogP contribution in [0.2, 0.25) is 0 Å². The smallest absolute Gasteiger partial charge is 0.273 e. The molecule has 1 heterocycles. The minimum Gasteiger partial charge on any atom is -0.273 e. The van der Waals surface area contributed by atoms with E-state index in [1.165, 1.54) is 4.68 Å². The minimum atomic E-state index is -0.588. The highest BCUT2D eigenvalue weighted by molar-refractivity contribution is 6.05. The molecule has 3 aromatic carbocycles. The highest BCUT2D eigenvalue weighted by atomic mass is 16.2. The van der Waals surface area contributed by atoms with E-state index in [2.05, 4.69) is 16.0 Å². The van der Waals surface area contributed by atoms with Crippen LogP contribution in [0, 0.1) is 0 Å². The average molecular weight is 455 g/mol. The molecular formula is C27H26N4O3. The second-order valence-corrected chi connectivity index (χ2v) is 8.32. The van der Waals surface area contributed by atoms with Crippen molar-refractivity contribution in [1.82, 2.24) is 20.6 Å². The second-order valence-electron chi connectivity index (χ2n) is 8.32. The predicted octanol–water partition coefficient (Wildman–Crippen LogP) is 3.96. The van der Waals surface area contributed by atoms with E-state index in [1.807, 2.05) is 74.5 Å². The molecule has 0 fully saturated rings. The Balaban J connectivity index is 1.54. The summed E-state index contributed by atoms with van der Waals surface area (Å²) in [5.74, 6) is -1.09. The monoisotopic (exact) mass is 454 g/mol. The molecule has 0 spiro atoms. The summed E-state index contributed by atoms with van der Waals surface area (Å²) in [4.78, 5) is 38.5. The van der Waals surface area contributed by atoms with E-state index in [9.17, 15) is 14.4 Å². The van der Waals surface area contributed by atoms with Crippen molar-refractivity contribution in [3.05, 3.63) is 112 Å². The highest BCUT2D eigenvalue weighted by Gasteiger charge is 2.21. The predicted molar refractivity (Wildman–Crippen MR) is 131 cm³/mol. The maximum Gasteiger partial charge on any atom is 0.290 e. The van der Waals surface area contributed by atoms with E-state index in [4.69, 9.17) is 0 Å². The molecule has 7 heteroatoms. The van der Waals surface area contributed by atoms with Gasteiger partial charge in [-0.3, -0.25) is 25.2 Å². The Hall–Kier alpha value is -4.26. The van der Waals surface area contributed by atoms with Crippen molar-refractivity contribution in [2.75, 3.05) is 0 Å². The Bertz CT molecular complexity index is 1330. The van der Waals surface area contributed by atoms with E-state index in [1.54, 1.807) is 24.3 Å². The Kier molecular flexibility index (Phi) is 6.82. The molecule has 0 aliphatic heterocycles. The third kappa shape index (κ3) is 4.88. The molecule has 0 radical (unpaired) electrons. The number of aromatic nitrogens is 2. The Morgan fingerprint density at radius 2 is 1.32 bits per heavy atom. The summed E-state index contributed by atoms with van der Waals surface area (Å²) in [7, 11) is 0. The standard InChI is InChI=1S/C27H26N4O3/c1-18(2)31-27(34)22-16-10-9-15-21(22)25(30-31)26(33)29-28-24(32)17-23(19-11-5-3-6-12-19)20-13-7-4-8-14-20/h3-16,18,23H,17H2,1-2H3,(H,28,32)(H,29,33). The average Bonchev–Trinajstić information content (AvgIpc) is 2.87. The molecule has 0 unspecified atom stereocenters. The number of carbonyl (C=O) groups is 2. The molecular weight excluding hydrogens is 428 g/mol. The molecule has 0 bridgehead atoms. The SMILES string of the molecule is CC(C)n1nc(C(=O)NNC(=O)CC(c2ccccc2)c2ccccc2)c2ccccc2c1=O. The zero-order valence-electron chi connectivity index (χ0n) is 19.1. The molecule has 2 amide bonds. The lowest BCUT2D eigenvalue weighted by Gasteiger charge is -2.18. The van der Waals surface area contributed by atoms with Crippen molar-refractivity contribution in [2.45, 2.75) is 32.2 Å². The van der Waals surface area contributed by atoms with Gasteiger partial charge in [0.1, 0.15) is 0 Å². The molecule has 1 aromatic heterocycles. The van der Waals surface area contributed by atoms with E-state index in [0.717, 1.165) is 11.1 Å². The van der Waals surface area contributed by atoms with Gasteiger partial charge in [0.05, 0.1) is 11.4 Å². The van der Waals surface area contributed by atoms with Crippen molar-refractivity contribution >= 4 is 22.6 Å². The Morgan fingerprint density at radius 3 is 1.88 bits per heavy atom. The number of rotatable bonds is 6. The molecule has 0 saturated carbocycles.